The number of piperazine rings is 1. The molecule has 3 rings (SSSR count). The van der Waals surface area contributed by atoms with E-state index >= 15 is 0 Å². The van der Waals surface area contributed by atoms with Crippen LogP contribution in [0.15, 0.2) is 59.5 Å². The average molecular weight is 405 g/mol. The maximum atomic E-state index is 12.7. The summed E-state index contributed by atoms with van der Waals surface area (Å²) in [6.07, 6.45) is -0.503. The van der Waals surface area contributed by atoms with Crippen molar-refractivity contribution in [3.05, 3.63) is 70.3 Å². The molecule has 1 amide bonds. The van der Waals surface area contributed by atoms with Crippen molar-refractivity contribution in [1.82, 2.24) is 9.21 Å². The number of amides is 1. The van der Waals surface area contributed by atoms with Gasteiger partial charge in [-0.1, -0.05) is 36.4 Å². The van der Waals surface area contributed by atoms with E-state index in [9.17, 15) is 23.3 Å². The number of benzene rings is 2. The lowest BCUT2D eigenvalue weighted by Gasteiger charge is -2.33. The third kappa shape index (κ3) is 4.46. The molecular weight excluding hydrogens is 386 g/mol. The molecule has 148 valence electrons. The topological polar surface area (TPSA) is 110 Å². The number of carbonyl (C=O) groups excluding carboxylic acids is 1. The Labute approximate surface area is 162 Å². The Morgan fingerprint density at radius 2 is 1.71 bits per heavy atom. The number of sulfonamides is 1. The molecule has 0 aromatic heterocycles. The summed E-state index contributed by atoms with van der Waals surface area (Å²) < 4.78 is 31.9. The molecule has 0 unspecified atom stereocenters. The Morgan fingerprint density at radius 1 is 1.04 bits per heavy atom. The second-order valence-corrected chi connectivity index (χ2v) is 8.12. The summed E-state index contributed by atoms with van der Waals surface area (Å²) in [4.78, 5) is 23.7. The Bertz CT molecular complexity index is 956. The van der Waals surface area contributed by atoms with Gasteiger partial charge in [0.05, 0.1) is 9.82 Å². The number of ether oxygens (including phenoxy) is 1. The van der Waals surface area contributed by atoms with Crippen LogP contribution in [-0.4, -0.2) is 54.8 Å². The van der Waals surface area contributed by atoms with Crippen LogP contribution in [0.4, 0.5) is 10.5 Å². The second kappa shape index (κ2) is 8.36. The number of rotatable bonds is 5. The van der Waals surface area contributed by atoms with Crippen molar-refractivity contribution in [2.24, 2.45) is 0 Å². The van der Waals surface area contributed by atoms with Gasteiger partial charge in [0.15, 0.2) is 0 Å². The summed E-state index contributed by atoms with van der Waals surface area (Å²) >= 11 is 0. The molecule has 0 spiro atoms. The Morgan fingerprint density at radius 3 is 2.36 bits per heavy atom. The van der Waals surface area contributed by atoms with Gasteiger partial charge in [0.1, 0.15) is 6.61 Å². The van der Waals surface area contributed by atoms with Crippen LogP contribution in [0.2, 0.25) is 0 Å². The molecule has 1 fully saturated rings. The highest BCUT2D eigenvalue weighted by molar-refractivity contribution is 7.89. The van der Waals surface area contributed by atoms with Gasteiger partial charge in [-0.3, -0.25) is 10.1 Å². The molecule has 0 N–H and O–H groups in total. The van der Waals surface area contributed by atoms with Gasteiger partial charge in [-0.25, -0.2) is 13.2 Å². The molecule has 9 nitrogen and oxygen atoms in total. The van der Waals surface area contributed by atoms with Crippen LogP contribution in [0.25, 0.3) is 0 Å². The number of hydrogen-bond acceptors (Lipinski definition) is 6. The van der Waals surface area contributed by atoms with Crippen LogP contribution in [0, 0.1) is 10.1 Å². The Balaban J connectivity index is 1.59. The van der Waals surface area contributed by atoms with Crippen LogP contribution in [-0.2, 0) is 21.4 Å². The first-order chi connectivity index (χ1) is 13.4. The third-order valence-electron chi connectivity index (χ3n) is 4.37. The number of non-ortho nitro benzene ring substituents is 1. The van der Waals surface area contributed by atoms with Crippen molar-refractivity contribution in [1.29, 1.82) is 0 Å². The lowest BCUT2D eigenvalue weighted by atomic mass is 10.2. The van der Waals surface area contributed by atoms with Crippen LogP contribution < -0.4 is 0 Å². The molecule has 28 heavy (non-hydrogen) atoms. The molecule has 2 aromatic rings. The zero-order chi connectivity index (χ0) is 20.1. The average Bonchev–Trinajstić information content (AvgIpc) is 2.73. The zero-order valence-electron chi connectivity index (χ0n) is 14.9. The highest BCUT2D eigenvalue weighted by Gasteiger charge is 2.31. The summed E-state index contributed by atoms with van der Waals surface area (Å²) in [7, 11) is -3.87. The summed E-state index contributed by atoms with van der Waals surface area (Å²) in [5.41, 5.74) is 0.576. The van der Waals surface area contributed by atoms with Gasteiger partial charge in [-0.2, -0.15) is 4.31 Å². The number of hydrogen-bond donors (Lipinski definition) is 0. The first-order valence-electron chi connectivity index (χ1n) is 8.58. The summed E-state index contributed by atoms with van der Waals surface area (Å²) in [6, 6.07) is 14.2. The highest BCUT2D eigenvalue weighted by atomic mass is 32.2. The maximum absolute atomic E-state index is 12.7. The fraction of sp³-hybridized carbons (Fsp3) is 0.278. The quantitative estimate of drug-likeness (QED) is 0.557. The second-order valence-electron chi connectivity index (χ2n) is 6.19. The first kappa shape index (κ1) is 19.8. The van der Waals surface area contributed by atoms with Gasteiger partial charge in [0.25, 0.3) is 5.69 Å². The lowest BCUT2D eigenvalue weighted by molar-refractivity contribution is -0.385. The molecule has 10 heteroatoms. The van der Waals surface area contributed by atoms with Gasteiger partial charge in [-0.15, -0.1) is 0 Å². The monoisotopic (exact) mass is 405 g/mol. The minimum atomic E-state index is -3.87. The van der Waals surface area contributed by atoms with Crippen molar-refractivity contribution in [2.45, 2.75) is 11.5 Å². The first-order valence-corrected chi connectivity index (χ1v) is 10.0. The van der Waals surface area contributed by atoms with Crippen LogP contribution >= 0.6 is 0 Å². The van der Waals surface area contributed by atoms with E-state index in [1.165, 1.54) is 27.4 Å². The van der Waals surface area contributed by atoms with Crippen molar-refractivity contribution in [2.75, 3.05) is 26.2 Å². The minimum absolute atomic E-state index is 0.0888. The molecule has 0 saturated carbocycles. The fourth-order valence-corrected chi connectivity index (χ4v) is 4.29. The van der Waals surface area contributed by atoms with Crippen molar-refractivity contribution in [3.63, 3.8) is 0 Å². The van der Waals surface area contributed by atoms with Gasteiger partial charge >= 0.3 is 6.09 Å². The van der Waals surface area contributed by atoms with E-state index in [4.69, 9.17) is 4.74 Å². The fourth-order valence-electron chi connectivity index (χ4n) is 2.83. The number of nitrogens with zero attached hydrogens (tertiary/aromatic N) is 3. The predicted molar refractivity (Wildman–Crippen MR) is 100 cm³/mol. The molecule has 0 bridgehead atoms. The van der Waals surface area contributed by atoms with E-state index in [2.05, 4.69) is 0 Å². The van der Waals surface area contributed by atoms with E-state index in [0.717, 1.165) is 11.6 Å². The third-order valence-corrected chi connectivity index (χ3v) is 6.26. The molecule has 1 saturated heterocycles. The molecule has 1 heterocycles. The molecule has 0 aliphatic carbocycles. The Hall–Kier alpha value is -2.98. The zero-order valence-corrected chi connectivity index (χ0v) is 15.7. The van der Waals surface area contributed by atoms with Gasteiger partial charge in [0, 0.05) is 38.3 Å². The van der Waals surface area contributed by atoms with Crippen LogP contribution in [0.1, 0.15) is 5.56 Å². The standard InChI is InChI=1S/C18H19N3O6S/c22-18(27-14-15-5-2-1-3-6-15)19-9-11-20(12-10-19)28(25,26)17-8-4-7-16(13-17)21(23)24/h1-8,13H,9-12,14H2. The smallest absolute Gasteiger partial charge is 0.410 e. The van der Waals surface area contributed by atoms with Crippen molar-refractivity contribution < 1.29 is 22.9 Å². The highest BCUT2D eigenvalue weighted by Crippen LogP contribution is 2.22. The van der Waals surface area contributed by atoms with Crippen LogP contribution in [0.3, 0.4) is 0 Å². The molecule has 0 radical (unpaired) electrons. The predicted octanol–water partition coefficient (Wildman–Crippen LogP) is 2.24. The molecule has 0 atom stereocenters. The molecule has 1 aliphatic heterocycles. The number of nitro benzene ring substituents is 1. The van der Waals surface area contributed by atoms with Crippen LogP contribution in [0.5, 0.6) is 0 Å². The minimum Gasteiger partial charge on any atom is -0.445 e. The maximum Gasteiger partial charge on any atom is 0.410 e. The van der Waals surface area contributed by atoms with Gasteiger partial charge < -0.3 is 9.64 Å². The summed E-state index contributed by atoms with van der Waals surface area (Å²) in [5.74, 6) is 0. The van der Waals surface area contributed by atoms with Crippen molar-refractivity contribution in [3.8, 4) is 0 Å². The van der Waals surface area contributed by atoms with Crippen molar-refractivity contribution >= 4 is 21.8 Å². The van der Waals surface area contributed by atoms with E-state index in [0.29, 0.717) is 0 Å². The van der Waals surface area contributed by atoms with Gasteiger partial charge in [0.2, 0.25) is 10.0 Å². The SMILES string of the molecule is O=C(OCc1ccccc1)N1CCN(S(=O)(=O)c2cccc([N+](=O)[O-])c2)CC1. The Kier molecular flexibility index (Phi) is 5.90. The van der Waals surface area contributed by atoms with E-state index < -0.39 is 21.0 Å². The molecule has 1 aliphatic rings. The van der Waals surface area contributed by atoms with E-state index in [1.54, 1.807) is 0 Å². The van der Waals surface area contributed by atoms with E-state index in [1.807, 2.05) is 30.3 Å². The summed E-state index contributed by atoms with van der Waals surface area (Å²) in [5, 5.41) is 10.9. The summed E-state index contributed by atoms with van der Waals surface area (Å²) in [6.45, 7) is 0.687. The number of nitro groups is 1. The largest absolute Gasteiger partial charge is 0.445 e. The molecular formula is C18H19N3O6S. The normalized spacial score (nSPS) is 15.2. The lowest BCUT2D eigenvalue weighted by Crippen LogP contribution is -2.50. The number of carbonyl (C=O) groups is 1. The van der Waals surface area contributed by atoms with E-state index in [-0.39, 0.29) is 43.4 Å². The van der Waals surface area contributed by atoms with Gasteiger partial charge in [-0.05, 0) is 11.6 Å². The molecule has 2 aromatic carbocycles.